The van der Waals surface area contributed by atoms with Crippen LogP contribution in [0.3, 0.4) is 0 Å². The average Bonchev–Trinajstić information content (AvgIpc) is 2.83. The van der Waals surface area contributed by atoms with Crippen LogP contribution >= 0.6 is 0 Å². The minimum absolute atomic E-state index is 0.448. The second-order valence-corrected chi connectivity index (χ2v) is 4.48. The van der Waals surface area contributed by atoms with Crippen LogP contribution in [0.15, 0.2) is 24.5 Å². The maximum Gasteiger partial charge on any atom is 0.311 e. The van der Waals surface area contributed by atoms with Gasteiger partial charge in [-0.05, 0) is 31.4 Å². The Morgan fingerprint density at radius 3 is 2.89 bits per heavy atom. The zero-order valence-corrected chi connectivity index (χ0v) is 9.76. The number of pyridine rings is 1. The van der Waals surface area contributed by atoms with Crippen LogP contribution in [-0.4, -0.2) is 26.3 Å². The second-order valence-electron chi connectivity index (χ2n) is 4.48. The molecule has 1 aliphatic carbocycles. The van der Waals surface area contributed by atoms with Gasteiger partial charge in [0.05, 0.1) is 11.6 Å². The van der Waals surface area contributed by atoms with E-state index in [0.29, 0.717) is 6.42 Å². The number of fused-ring (bicyclic) bond motifs is 1. The molecule has 2 heterocycles. The lowest BCUT2D eigenvalue weighted by atomic mass is 9.84. The molecule has 2 aromatic heterocycles. The van der Waals surface area contributed by atoms with Gasteiger partial charge in [-0.25, -0.2) is 0 Å². The summed E-state index contributed by atoms with van der Waals surface area (Å²) in [5.74, 6) is -1.22. The molecular formula is C13H13N3O2. The van der Waals surface area contributed by atoms with E-state index in [2.05, 4.69) is 15.2 Å². The van der Waals surface area contributed by atoms with Crippen molar-refractivity contribution >= 4 is 5.97 Å². The van der Waals surface area contributed by atoms with E-state index in [9.17, 15) is 9.90 Å². The van der Waals surface area contributed by atoms with Crippen molar-refractivity contribution in [2.75, 3.05) is 0 Å². The molecule has 1 atom stereocenters. The molecule has 1 unspecified atom stereocenters. The van der Waals surface area contributed by atoms with E-state index in [1.807, 2.05) is 12.1 Å². The summed E-state index contributed by atoms with van der Waals surface area (Å²) in [6, 6.07) is 3.70. The molecule has 2 aromatic rings. The Morgan fingerprint density at radius 1 is 1.39 bits per heavy atom. The number of aromatic amines is 1. The predicted molar refractivity (Wildman–Crippen MR) is 65.1 cm³/mol. The van der Waals surface area contributed by atoms with Crippen molar-refractivity contribution in [3.8, 4) is 11.3 Å². The molecule has 0 spiro atoms. The highest BCUT2D eigenvalue weighted by molar-refractivity contribution is 5.81. The van der Waals surface area contributed by atoms with Crippen LogP contribution in [0.4, 0.5) is 0 Å². The summed E-state index contributed by atoms with van der Waals surface area (Å²) in [6.07, 6.45) is 5.82. The van der Waals surface area contributed by atoms with Crippen molar-refractivity contribution in [2.24, 2.45) is 0 Å². The molecule has 5 heteroatoms. The molecule has 1 aliphatic rings. The number of rotatable bonds is 2. The summed E-state index contributed by atoms with van der Waals surface area (Å²) in [5, 5.41) is 16.6. The molecule has 0 amide bonds. The van der Waals surface area contributed by atoms with Gasteiger partial charge in [0.25, 0.3) is 0 Å². The molecule has 3 rings (SSSR count). The highest BCUT2D eigenvalue weighted by atomic mass is 16.4. The number of nitrogens with one attached hydrogen (secondary N) is 1. The third-order valence-corrected chi connectivity index (χ3v) is 3.40. The number of aromatic nitrogens is 3. The van der Waals surface area contributed by atoms with Crippen LogP contribution in [0, 0.1) is 0 Å². The number of hydrogen-bond acceptors (Lipinski definition) is 3. The van der Waals surface area contributed by atoms with Crippen molar-refractivity contribution in [1.82, 2.24) is 15.2 Å². The minimum atomic E-state index is -0.771. The zero-order chi connectivity index (χ0) is 12.5. The first-order chi connectivity index (χ1) is 8.77. The number of carboxylic acids is 1. The number of aliphatic carboxylic acids is 1. The highest BCUT2D eigenvalue weighted by Crippen LogP contribution is 2.37. The van der Waals surface area contributed by atoms with E-state index in [1.54, 1.807) is 12.4 Å². The van der Waals surface area contributed by atoms with Gasteiger partial charge in [-0.3, -0.25) is 14.9 Å². The number of aryl methyl sites for hydroxylation is 1. The lowest BCUT2D eigenvalue weighted by Crippen LogP contribution is -2.17. The van der Waals surface area contributed by atoms with Crippen LogP contribution in [0.5, 0.6) is 0 Å². The van der Waals surface area contributed by atoms with Crippen LogP contribution in [0.2, 0.25) is 0 Å². The summed E-state index contributed by atoms with van der Waals surface area (Å²) in [6.45, 7) is 0. The van der Waals surface area contributed by atoms with E-state index in [4.69, 9.17) is 0 Å². The molecule has 0 bridgehead atoms. The molecule has 0 saturated carbocycles. The third-order valence-electron chi connectivity index (χ3n) is 3.40. The topological polar surface area (TPSA) is 78.9 Å². The molecule has 0 aliphatic heterocycles. The fraction of sp³-hybridized carbons (Fsp3) is 0.308. The summed E-state index contributed by atoms with van der Waals surface area (Å²) < 4.78 is 0. The van der Waals surface area contributed by atoms with Crippen molar-refractivity contribution in [1.29, 1.82) is 0 Å². The maximum atomic E-state index is 11.3. The van der Waals surface area contributed by atoms with E-state index in [-0.39, 0.29) is 0 Å². The quantitative estimate of drug-likeness (QED) is 0.845. The Kier molecular flexibility index (Phi) is 2.59. The standard InChI is InChI=1S/C13H13N3O2/c17-13(18)9-2-1-3-10-11(9)12(16-15-10)8-4-6-14-7-5-8/h4-7,9H,1-3H2,(H,15,16)(H,17,18). The Bertz CT molecular complexity index is 577. The average molecular weight is 243 g/mol. The van der Waals surface area contributed by atoms with Crippen LogP contribution in [-0.2, 0) is 11.2 Å². The third kappa shape index (κ3) is 1.68. The number of carbonyl (C=O) groups is 1. The van der Waals surface area contributed by atoms with Gasteiger partial charge in [0.2, 0.25) is 0 Å². The van der Waals surface area contributed by atoms with Crippen molar-refractivity contribution < 1.29 is 9.90 Å². The minimum Gasteiger partial charge on any atom is -0.481 e. The van der Waals surface area contributed by atoms with Crippen LogP contribution in [0.25, 0.3) is 11.3 Å². The lowest BCUT2D eigenvalue weighted by Gasteiger charge is -2.19. The van der Waals surface area contributed by atoms with Gasteiger partial charge in [-0.15, -0.1) is 0 Å². The summed E-state index contributed by atoms with van der Waals surface area (Å²) in [7, 11) is 0. The Hall–Kier alpha value is -2.17. The SMILES string of the molecule is O=C(O)C1CCCc2[nH]nc(-c3ccncc3)c21. The van der Waals surface area contributed by atoms with E-state index < -0.39 is 11.9 Å². The van der Waals surface area contributed by atoms with Gasteiger partial charge in [0, 0.05) is 29.2 Å². The fourth-order valence-corrected chi connectivity index (χ4v) is 2.56. The summed E-state index contributed by atoms with van der Waals surface area (Å²) in [4.78, 5) is 15.3. The first-order valence-electron chi connectivity index (χ1n) is 5.97. The van der Waals surface area contributed by atoms with E-state index in [1.165, 1.54) is 0 Å². The largest absolute Gasteiger partial charge is 0.481 e. The summed E-state index contributed by atoms with van der Waals surface area (Å²) in [5.41, 5.74) is 3.47. The normalized spacial score (nSPS) is 18.3. The fourth-order valence-electron chi connectivity index (χ4n) is 2.56. The molecule has 0 saturated heterocycles. The van der Waals surface area contributed by atoms with Gasteiger partial charge in [0.1, 0.15) is 0 Å². The zero-order valence-electron chi connectivity index (χ0n) is 9.76. The molecule has 0 aromatic carbocycles. The Balaban J connectivity index is 2.13. The first kappa shape index (κ1) is 11.0. The molecule has 2 N–H and O–H groups in total. The van der Waals surface area contributed by atoms with Crippen molar-refractivity contribution in [2.45, 2.75) is 25.2 Å². The van der Waals surface area contributed by atoms with Crippen LogP contribution in [0.1, 0.15) is 30.0 Å². The Morgan fingerprint density at radius 2 is 2.17 bits per heavy atom. The number of hydrogen-bond donors (Lipinski definition) is 2. The summed E-state index contributed by atoms with van der Waals surface area (Å²) >= 11 is 0. The first-order valence-corrected chi connectivity index (χ1v) is 5.97. The molecular weight excluding hydrogens is 230 g/mol. The molecule has 0 radical (unpaired) electrons. The molecule has 18 heavy (non-hydrogen) atoms. The number of nitrogens with zero attached hydrogens (tertiary/aromatic N) is 2. The van der Waals surface area contributed by atoms with Gasteiger partial charge in [0.15, 0.2) is 0 Å². The van der Waals surface area contributed by atoms with Gasteiger partial charge >= 0.3 is 5.97 Å². The molecule has 0 fully saturated rings. The van der Waals surface area contributed by atoms with E-state index >= 15 is 0 Å². The van der Waals surface area contributed by atoms with Crippen LogP contribution < -0.4 is 0 Å². The van der Waals surface area contributed by atoms with E-state index in [0.717, 1.165) is 35.4 Å². The smallest absolute Gasteiger partial charge is 0.311 e. The van der Waals surface area contributed by atoms with Gasteiger partial charge in [-0.1, -0.05) is 0 Å². The van der Waals surface area contributed by atoms with Gasteiger partial charge in [-0.2, -0.15) is 5.10 Å². The second kappa shape index (κ2) is 4.25. The lowest BCUT2D eigenvalue weighted by molar-refractivity contribution is -0.139. The van der Waals surface area contributed by atoms with Crippen molar-refractivity contribution in [3.63, 3.8) is 0 Å². The molecule has 92 valence electrons. The number of H-pyrrole nitrogens is 1. The number of carboxylic acid groups (broad SMARTS) is 1. The highest BCUT2D eigenvalue weighted by Gasteiger charge is 2.31. The maximum absolute atomic E-state index is 11.3. The van der Waals surface area contributed by atoms with Crippen molar-refractivity contribution in [3.05, 3.63) is 35.8 Å². The van der Waals surface area contributed by atoms with Gasteiger partial charge < -0.3 is 5.11 Å². The molecule has 5 nitrogen and oxygen atoms in total. The Labute approximate surface area is 104 Å². The predicted octanol–water partition coefficient (Wildman–Crippen LogP) is 1.98. The monoisotopic (exact) mass is 243 g/mol.